The van der Waals surface area contributed by atoms with Crippen LogP contribution in [-0.4, -0.2) is 51.3 Å². The van der Waals surface area contributed by atoms with Crippen molar-refractivity contribution >= 4 is 11.6 Å². The highest BCUT2D eigenvalue weighted by Crippen LogP contribution is 2.28. The lowest BCUT2D eigenvalue weighted by molar-refractivity contribution is -0.274. The molecule has 1 fully saturated rings. The molecule has 11 heteroatoms. The summed E-state index contributed by atoms with van der Waals surface area (Å²) in [5, 5.41) is 3.31. The molecule has 0 spiro atoms. The van der Waals surface area contributed by atoms with Crippen molar-refractivity contribution in [2.75, 3.05) is 18.4 Å². The Bertz CT molecular complexity index is 1150. The minimum atomic E-state index is -4.80. The summed E-state index contributed by atoms with van der Waals surface area (Å²) in [4.78, 5) is 25.7. The molecule has 3 heterocycles. The van der Waals surface area contributed by atoms with Crippen molar-refractivity contribution in [1.82, 2.24) is 19.9 Å². The molecule has 1 aliphatic rings. The van der Waals surface area contributed by atoms with Gasteiger partial charge in [0, 0.05) is 55.1 Å². The van der Waals surface area contributed by atoms with E-state index >= 15 is 0 Å². The van der Waals surface area contributed by atoms with Crippen molar-refractivity contribution < 1.29 is 27.4 Å². The Morgan fingerprint density at radius 1 is 1.09 bits per heavy atom. The van der Waals surface area contributed by atoms with Crippen LogP contribution >= 0.6 is 0 Å². The van der Waals surface area contributed by atoms with E-state index in [4.69, 9.17) is 4.74 Å². The van der Waals surface area contributed by atoms with Gasteiger partial charge in [-0.25, -0.2) is 9.97 Å². The Hall–Kier alpha value is -4.15. The lowest BCUT2D eigenvalue weighted by atomic mass is 10.1. The van der Waals surface area contributed by atoms with Gasteiger partial charge >= 0.3 is 12.4 Å². The molecule has 0 saturated carbocycles. The Labute approximate surface area is 186 Å². The monoisotopic (exact) mass is 457 g/mol. The number of alkyl halides is 3. The number of nitrogens with one attached hydrogen (secondary N) is 1. The van der Waals surface area contributed by atoms with E-state index in [1.807, 2.05) is 6.07 Å². The van der Waals surface area contributed by atoms with Crippen LogP contribution in [0.1, 0.15) is 0 Å². The van der Waals surface area contributed by atoms with Crippen LogP contribution in [0, 0.1) is 0 Å². The van der Waals surface area contributed by atoms with Crippen LogP contribution in [0.2, 0.25) is 0 Å². The molecule has 0 aliphatic carbocycles. The lowest BCUT2D eigenvalue weighted by Gasteiger charge is -2.39. The van der Waals surface area contributed by atoms with E-state index in [1.165, 1.54) is 30.6 Å². The molecular weight excluding hydrogens is 439 g/mol. The number of hydrogen-bond acceptors (Lipinski definition) is 7. The number of anilines is 1. The fraction of sp³-hybridized carbons (Fsp3) is 0.182. The average Bonchev–Trinajstić information content (AvgIpc) is 2.75. The standard InChI is InChI=1S/C22H18F3N5O3/c1-2-20(31)30-12-17(13-30)29-16-6-14(8-26-11-16)15-9-27-21(28-10-15)32-18-4-3-5-19(7-18)33-22(23,24)25/h2-11,17,29H,1,12-13H2. The maximum absolute atomic E-state index is 12.4. The third kappa shape index (κ3) is 5.76. The largest absolute Gasteiger partial charge is 0.573 e. The van der Waals surface area contributed by atoms with Gasteiger partial charge in [-0.05, 0) is 24.3 Å². The summed E-state index contributed by atoms with van der Waals surface area (Å²) in [6, 6.07) is 7.04. The molecule has 0 radical (unpaired) electrons. The van der Waals surface area contributed by atoms with Gasteiger partial charge in [0.05, 0.1) is 11.7 Å². The molecule has 4 rings (SSSR count). The Balaban J connectivity index is 1.39. The number of halogens is 3. The molecule has 1 saturated heterocycles. The predicted molar refractivity (Wildman–Crippen MR) is 113 cm³/mol. The summed E-state index contributed by atoms with van der Waals surface area (Å²) >= 11 is 0. The van der Waals surface area contributed by atoms with Crippen molar-refractivity contribution in [3.63, 3.8) is 0 Å². The number of hydrogen-bond donors (Lipinski definition) is 1. The first-order valence-corrected chi connectivity index (χ1v) is 9.78. The number of nitrogens with zero attached hydrogens (tertiary/aromatic N) is 4. The van der Waals surface area contributed by atoms with Crippen LogP contribution in [0.4, 0.5) is 18.9 Å². The fourth-order valence-electron chi connectivity index (χ4n) is 3.15. The summed E-state index contributed by atoms with van der Waals surface area (Å²) < 4.78 is 46.4. The zero-order chi connectivity index (χ0) is 23.4. The first-order valence-electron chi connectivity index (χ1n) is 9.78. The van der Waals surface area contributed by atoms with Crippen molar-refractivity contribution in [1.29, 1.82) is 0 Å². The number of amides is 1. The number of benzene rings is 1. The minimum absolute atomic E-state index is 0.0356. The summed E-state index contributed by atoms with van der Waals surface area (Å²) in [5.74, 6) is -0.406. The zero-order valence-corrected chi connectivity index (χ0v) is 17.1. The number of likely N-dealkylation sites (tertiary alicyclic amines) is 1. The summed E-state index contributed by atoms with van der Waals surface area (Å²) in [6.07, 6.45) is 2.86. The van der Waals surface area contributed by atoms with E-state index < -0.39 is 12.1 Å². The van der Waals surface area contributed by atoms with Gasteiger partial charge < -0.3 is 19.7 Å². The third-order valence-electron chi connectivity index (χ3n) is 4.69. The molecule has 1 amide bonds. The van der Waals surface area contributed by atoms with Crippen LogP contribution in [0.25, 0.3) is 11.1 Å². The van der Waals surface area contributed by atoms with E-state index in [1.54, 1.807) is 17.3 Å². The Morgan fingerprint density at radius 3 is 2.52 bits per heavy atom. The Morgan fingerprint density at radius 2 is 1.82 bits per heavy atom. The van der Waals surface area contributed by atoms with Crippen molar-refractivity contribution in [3.8, 4) is 28.6 Å². The maximum atomic E-state index is 12.4. The van der Waals surface area contributed by atoms with Crippen LogP contribution < -0.4 is 14.8 Å². The van der Waals surface area contributed by atoms with E-state index in [0.717, 1.165) is 23.4 Å². The second-order valence-electron chi connectivity index (χ2n) is 7.13. The molecule has 0 unspecified atom stereocenters. The Kier molecular flexibility index (Phi) is 6.11. The predicted octanol–water partition coefficient (Wildman–Crippen LogP) is 4.04. The molecule has 0 atom stereocenters. The molecule has 0 bridgehead atoms. The number of aromatic nitrogens is 3. The molecule has 2 aromatic heterocycles. The molecule has 3 aromatic rings. The third-order valence-corrected chi connectivity index (χ3v) is 4.69. The number of carbonyl (C=O) groups excluding carboxylic acids is 1. The number of rotatable bonds is 7. The molecule has 8 nitrogen and oxygen atoms in total. The first kappa shape index (κ1) is 22.1. The summed E-state index contributed by atoms with van der Waals surface area (Å²) in [7, 11) is 0. The first-order chi connectivity index (χ1) is 15.8. The lowest BCUT2D eigenvalue weighted by Crippen LogP contribution is -2.56. The summed E-state index contributed by atoms with van der Waals surface area (Å²) in [5.41, 5.74) is 2.21. The van der Waals surface area contributed by atoms with Crippen LogP contribution in [0.5, 0.6) is 17.5 Å². The fourth-order valence-corrected chi connectivity index (χ4v) is 3.15. The quantitative estimate of drug-likeness (QED) is 0.536. The minimum Gasteiger partial charge on any atom is -0.424 e. The highest BCUT2D eigenvalue weighted by molar-refractivity contribution is 5.87. The second-order valence-corrected chi connectivity index (χ2v) is 7.13. The van der Waals surface area contributed by atoms with E-state index in [-0.39, 0.29) is 23.7 Å². The van der Waals surface area contributed by atoms with E-state index in [0.29, 0.717) is 18.7 Å². The smallest absolute Gasteiger partial charge is 0.424 e. The maximum Gasteiger partial charge on any atom is 0.573 e. The molecule has 170 valence electrons. The van der Waals surface area contributed by atoms with Crippen LogP contribution in [-0.2, 0) is 4.79 Å². The van der Waals surface area contributed by atoms with Gasteiger partial charge in [-0.15, -0.1) is 13.2 Å². The van der Waals surface area contributed by atoms with Crippen molar-refractivity contribution in [2.24, 2.45) is 0 Å². The van der Waals surface area contributed by atoms with Gasteiger partial charge in [0.1, 0.15) is 11.5 Å². The highest BCUT2D eigenvalue weighted by Gasteiger charge is 2.31. The van der Waals surface area contributed by atoms with Gasteiger partial charge in [0.25, 0.3) is 0 Å². The second kappa shape index (κ2) is 9.15. The van der Waals surface area contributed by atoms with E-state index in [2.05, 4.69) is 31.6 Å². The number of carbonyl (C=O) groups is 1. The number of ether oxygens (including phenoxy) is 2. The van der Waals surface area contributed by atoms with Crippen LogP contribution in [0.3, 0.4) is 0 Å². The van der Waals surface area contributed by atoms with Gasteiger partial charge in [-0.3, -0.25) is 9.78 Å². The molecular formula is C22H18F3N5O3. The molecule has 1 aliphatic heterocycles. The molecule has 33 heavy (non-hydrogen) atoms. The summed E-state index contributed by atoms with van der Waals surface area (Å²) in [6.45, 7) is 4.64. The zero-order valence-electron chi connectivity index (χ0n) is 17.1. The number of pyridine rings is 1. The topological polar surface area (TPSA) is 89.5 Å². The highest BCUT2D eigenvalue weighted by atomic mass is 19.4. The average molecular weight is 457 g/mol. The van der Waals surface area contributed by atoms with Crippen molar-refractivity contribution in [3.05, 3.63) is 67.8 Å². The normalized spacial score (nSPS) is 13.7. The van der Waals surface area contributed by atoms with Gasteiger partial charge in [0.15, 0.2) is 0 Å². The van der Waals surface area contributed by atoms with E-state index in [9.17, 15) is 18.0 Å². The SMILES string of the molecule is C=CC(=O)N1CC(Nc2cncc(-c3cnc(Oc4cccc(OC(F)(F)F)c4)nc3)c2)C1. The van der Waals surface area contributed by atoms with Crippen LogP contribution in [0.15, 0.2) is 67.8 Å². The van der Waals surface area contributed by atoms with Gasteiger partial charge in [0.2, 0.25) is 5.91 Å². The van der Waals surface area contributed by atoms with Gasteiger partial charge in [-0.1, -0.05) is 12.6 Å². The van der Waals surface area contributed by atoms with Crippen molar-refractivity contribution in [2.45, 2.75) is 12.4 Å². The van der Waals surface area contributed by atoms with Gasteiger partial charge in [-0.2, -0.15) is 0 Å². The molecule has 1 N–H and O–H groups in total. The molecule has 1 aromatic carbocycles.